The molecule has 0 fully saturated rings. The second-order valence-electron chi connectivity index (χ2n) is 7.37. The van der Waals surface area contributed by atoms with E-state index in [2.05, 4.69) is 31.3 Å². The predicted molar refractivity (Wildman–Crippen MR) is 123 cm³/mol. The van der Waals surface area contributed by atoms with Gasteiger partial charge in [-0.15, -0.1) is 11.3 Å². The number of benzene rings is 2. The summed E-state index contributed by atoms with van der Waals surface area (Å²) in [4.78, 5) is 18.9. The standard InChI is InChI=1S/C23H26N2O4S2/c1-16(2)17-10-12-18(13-11-17)22(21-9-6-14-30-21)24-23(26)19-7-5-8-20(15-19)31(27,28)25(3)29-4/h5-16,22H,1-4H3,(H,24,26). The maximum Gasteiger partial charge on any atom is 0.264 e. The molecule has 2 aromatic carbocycles. The summed E-state index contributed by atoms with van der Waals surface area (Å²) in [5.41, 5.74) is 2.44. The Kier molecular flexibility index (Phi) is 7.27. The molecule has 0 spiro atoms. The van der Waals surface area contributed by atoms with Gasteiger partial charge in [0.1, 0.15) is 0 Å². The maximum atomic E-state index is 13.1. The molecule has 0 saturated heterocycles. The molecule has 0 bridgehead atoms. The molecule has 1 atom stereocenters. The molecule has 0 aliphatic rings. The summed E-state index contributed by atoms with van der Waals surface area (Å²) in [7, 11) is -1.28. The number of hydroxylamine groups is 1. The van der Waals surface area contributed by atoms with Crippen molar-refractivity contribution in [3.63, 3.8) is 0 Å². The van der Waals surface area contributed by atoms with Crippen molar-refractivity contribution in [2.45, 2.75) is 30.7 Å². The Bertz CT molecular complexity index is 1120. The van der Waals surface area contributed by atoms with Gasteiger partial charge >= 0.3 is 0 Å². The molecule has 8 heteroatoms. The van der Waals surface area contributed by atoms with Gasteiger partial charge in [0.25, 0.3) is 15.9 Å². The topological polar surface area (TPSA) is 75.7 Å². The van der Waals surface area contributed by atoms with Crippen LogP contribution in [0.2, 0.25) is 0 Å². The highest BCUT2D eigenvalue weighted by atomic mass is 32.2. The first-order valence-corrected chi connectivity index (χ1v) is 12.1. The minimum atomic E-state index is -3.85. The lowest BCUT2D eigenvalue weighted by Crippen LogP contribution is -2.29. The minimum Gasteiger partial charge on any atom is -0.340 e. The maximum absolute atomic E-state index is 13.1. The second kappa shape index (κ2) is 9.74. The van der Waals surface area contributed by atoms with E-state index in [0.29, 0.717) is 5.92 Å². The number of hydrogen-bond acceptors (Lipinski definition) is 5. The van der Waals surface area contributed by atoms with Gasteiger partial charge in [-0.1, -0.05) is 54.7 Å². The molecule has 1 amide bonds. The van der Waals surface area contributed by atoms with E-state index >= 15 is 0 Å². The van der Waals surface area contributed by atoms with Crippen LogP contribution in [-0.4, -0.2) is 33.0 Å². The van der Waals surface area contributed by atoms with Gasteiger partial charge in [0.2, 0.25) is 0 Å². The van der Waals surface area contributed by atoms with Crippen LogP contribution in [-0.2, 0) is 14.9 Å². The monoisotopic (exact) mass is 458 g/mol. The SMILES string of the molecule is CON(C)S(=O)(=O)c1cccc(C(=O)NC(c2ccc(C(C)C)cc2)c2cccs2)c1. The normalized spacial score (nSPS) is 12.8. The highest BCUT2D eigenvalue weighted by molar-refractivity contribution is 7.89. The van der Waals surface area contributed by atoms with Gasteiger partial charge < -0.3 is 5.32 Å². The van der Waals surface area contributed by atoms with Crippen molar-refractivity contribution in [1.29, 1.82) is 0 Å². The van der Waals surface area contributed by atoms with Crippen LogP contribution in [0.3, 0.4) is 0 Å². The van der Waals surface area contributed by atoms with Crippen molar-refractivity contribution in [3.05, 3.63) is 87.6 Å². The first-order valence-electron chi connectivity index (χ1n) is 9.81. The van der Waals surface area contributed by atoms with Crippen molar-refractivity contribution >= 4 is 27.3 Å². The van der Waals surface area contributed by atoms with Crippen LogP contribution in [0.1, 0.15) is 52.2 Å². The number of rotatable bonds is 8. The number of nitrogens with one attached hydrogen (secondary N) is 1. The summed E-state index contributed by atoms with van der Waals surface area (Å²) < 4.78 is 25.8. The minimum absolute atomic E-state index is 0.0153. The van der Waals surface area contributed by atoms with E-state index in [1.165, 1.54) is 31.9 Å². The van der Waals surface area contributed by atoms with E-state index in [1.54, 1.807) is 23.5 Å². The first-order chi connectivity index (χ1) is 14.7. The lowest BCUT2D eigenvalue weighted by atomic mass is 9.98. The van der Waals surface area contributed by atoms with Crippen LogP contribution < -0.4 is 5.32 Å². The summed E-state index contributed by atoms with van der Waals surface area (Å²) >= 11 is 1.55. The van der Waals surface area contributed by atoms with E-state index in [0.717, 1.165) is 14.9 Å². The number of sulfonamides is 1. The number of amides is 1. The molecule has 6 nitrogen and oxygen atoms in total. The number of nitrogens with zero attached hydrogens (tertiary/aromatic N) is 1. The Morgan fingerprint density at radius 2 is 1.71 bits per heavy atom. The Hall–Kier alpha value is -2.52. The number of thiophene rings is 1. The molecule has 0 radical (unpaired) electrons. The van der Waals surface area contributed by atoms with E-state index in [-0.39, 0.29) is 22.4 Å². The van der Waals surface area contributed by atoms with Crippen molar-refractivity contribution < 1.29 is 18.0 Å². The highest BCUT2D eigenvalue weighted by Crippen LogP contribution is 2.28. The van der Waals surface area contributed by atoms with Crippen molar-refractivity contribution in [1.82, 2.24) is 9.79 Å². The Morgan fingerprint density at radius 3 is 2.29 bits per heavy atom. The van der Waals surface area contributed by atoms with E-state index in [1.807, 2.05) is 29.6 Å². The van der Waals surface area contributed by atoms with Crippen LogP contribution in [0.4, 0.5) is 0 Å². The zero-order chi connectivity index (χ0) is 22.6. The number of carbonyl (C=O) groups excluding carboxylic acids is 1. The number of hydrogen-bond donors (Lipinski definition) is 1. The summed E-state index contributed by atoms with van der Waals surface area (Å²) in [5.74, 6) is 0.0576. The Labute approximate surface area is 187 Å². The van der Waals surface area contributed by atoms with Crippen LogP contribution >= 0.6 is 11.3 Å². The lowest BCUT2D eigenvalue weighted by Gasteiger charge is -2.19. The first kappa shape index (κ1) is 23.1. The molecule has 1 heterocycles. The van der Waals surface area contributed by atoms with Crippen molar-refractivity contribution in [3.8, 4) is 0 Å². The highest BCUT2D eigenvalue weighted by Gasteiger charge is 2.23. The molecule has 31 heavy (non-hydrogen) atoms. The van der Waals surface area contributed by atoms with E-state index in [9.17, 15) is 13.2 Å². The van der Waals surface area contributed by atoms with Crippen LogP contribution in [0, 0.1) is 0 Å². The molecule has 1 unspecified atom stereocenters. The Balaban J connectivity index is 1.91. The van der Waals surface area contributed by atoms with Gasteiger partial charge in [-0.25, -0.2) is 8.42 Å². The third kappa shape index (κ3) is 5.22. The van der Waals surface area contributed by atoms with Crippen molar-refractivity contribution in [2.75, 3.05) is 14.2 Å². The second-order valence-corrected chi connectivity index (χ2v) is 10.3. The molecular formula is C23H26N2O4S2. The fourth-order valence-corrected chi connectivity index (χ4v) is 4.93. The zero-order valence-corrected chi connectivity index (χ0v) is 19.5. The molecule has 164 valence electrons. The predicted octanol–water partition coefficient (Wildman–Crippen LogP) is 4.57. The van der Waals surface area contributed by atoms with Gasteiger partial charge in [-0.3, -0.25) is 9.63 Å². The largest absolute Gasteiger partial charge is 0.340 e. The molecule has 1 N–H and O–H groups in total. The van der Waals surface area contributed by atoms with Gasteiger partial charge in [-0.05, 0) is 46.7 Å². The smallest absolute Gasteiger partial charge is 0.264 e. The lowest BCUT2D eigenvalue weighted by molar-refractivity contribution is -0.0258. The van der Waals surface area contributed by atoms with Crippen LogP contribution in [0.15, 0.2) is 70.9 Å². The molecule has 0 aliphatic carbocycles. The van der Waals surface area contributed by atoms with Gasteiger partial charge in [0.05, 0.1) is 18.0 Å². The van der Waals surface area contributed by atoms with Crippen LogP contribution in [0.5, 0.6) is 0 Å². The molecule has 3 aromatic rings. The Morgan fingerprint density at radius 1 is 1.03 bits per heavy atom. The molecule has 0 aliphatic heterocycles. The van der Waals surface area contributed by atoms with Crippen LogP contribution in [0.25, 0.3) is 0 Å². The number of carbonyl (C=O) groups is 1. The summed E-state index contributed by atoms with van der Waals surface area (Å²) in [6.07, 6.45) is 0. The molecular weight excluding hydrogens is 432 g/mol. The third-order valence-corrected chi connectivity index (χ3v) is 7.64. The molecule has 1 aromatic heterocycles. The van der Waals surface area contributed by atoms with Gasteiger partial charge in [0, 0.05) is 17.5 Å². The summed E-state index contributed by atoms with van der Waals surface area (Å²) in [5, 5.41) is 5.02. The summed E-state index contributed by atoms with van der Waals surface area (Å²) in [6, 6.07) is 17.7. The zero-order valence-electron chi connectivity index (χ0n) is 17.9. The fraction of sp³-hybridized carbons (Fsp3) is 0.261. The van der Waals surface area contributed by atoms with E-state index < -0.39 is 10.0 Å². The third-order valence-electron chi connectivity index (χ3n) is 5.03. The quantitative estimate of drug-likeness (QED) is 0.502. The molecule has 3 rings (SSSR count). The summed E-state index contributed by atoms with van der Waals surface area (Å²) in [6.45, 7) is 4.27. The van der Waals surface area contributed by atoms with Gasteiger partial charge in [-0.2, -0.15) is 0 Å². The molecule has 0 saturated carbocycles. The fourth-order valence-electron chi connectivity index (χ4n) is 3.11. The average Bonchev–Trinajstić information content (AvgIpc) is 3.31. The van der Waals surface area contributed by atoms with E-state index in [4.69, 9.17) is 4.84 Å². The van der Waals surface area contributed by atoms with Gasteiger partial charge in [0.15, 0.2) is 0 Å². The average molecular weight is 459 g/mol. The van der Waals surface area contributed by atoms with Crippen molar-refractivity contribution in [2.24, 2.45) is 0 Å².